The topological polar surface area (TPSA) is 113 Å². The maximum Gasteiger partial charge on any atom is 0.416 e. The molecule has 2 heterocycles. The molecule has 1 aliphatic heterocycles. The van der Waals surface area contributed by atoms with Gasteiger partial charge in [0.1, 0.15) is 11.7 Å². The molecule has 1 fully saturated rings. The number of carbonyl (C=O) groups excluding carboxylic acids is 1. The fourth-order valence-electron chi connectivity index (χ4n) is 3.39. The number of amides is 1. The molecule has 2 N–H and O–H groups in total. The van der Waals surface area contributed by atoms with E-state index in [4.69, 9.17) is 0 Å². The van der Waals surface area contributed by atoms with Crippen LogP contribution in [0.3, 0.4) is 0 Å². The van der Waals surface area contributed by atoms with E-state index in [1.165, 1.54) is 0 Å². The van der Waals surface area contributed by atoms with Gasteiger partial charge in [0, 0.05) is 38.1 Å². The van der Waals surface area contributed by atoms with Crippen molar-refractivity contribution in [3.8, 4) is 0 Å². The van der Waals surface area contributed by atoms with Crippen molar-refractivity contribution in [2.24, 2.45) is 0 Å². The highest BCUT2D eigenvalue weighted by atomic mass is 19.4. The molecule has 0 bridgehead atoms. The van der Waals surface area contributed by atoms with E-state index in [1.54, 1.807) is 18.5 Å². The second kappa shape index (κ2) is 9.58. The van der Waals surface area contributed by atoms with Crippen molar-refractivity contribution in [3.63, 3.8) is 0 Å². The Bertz CT molecular complexity index is 926. The number of nitrogens with one attached hydrogen (secondary N) is 2. The van der Waals surface area contributed by atoms with Gasteiger partial charge in [-0.3, -0.25) is 14.9 Å². The van der Waals surface area contributed by atoms with E-state index >= 15 is 0 Å². The van der Waals surface area contributed by atoms with Gasteiger partial charge in [-0.05, 0) is 37.5 Å². The Labute approximate surface area is 175 Å². The van der Waals surface area contributed by atoms with Crippen LogP contribution in [0.2, 0.25) is 0 Å². The van der Waals surface area contributed by atoms with Crippen LogP contribution in [0.1, 0.15) is 24.8 Å². The van der Waals surface area contributed by atoms with Crippen LogP contribution in [0.4, 0.5) is 30.5 Å². The summed E-state index contributed by atoms with van der Waals surface area (Å²) < 4.78 is 38.4. The van der Waals surface area contributed by atoms with Crippen LogP contribution in [0.5, 0.6) is 0 Å². The first kappa shape index (κ1) is 22.2. The number of halogens is 3. The molecular weight excluding hydrogens is 417 g/mol. The van der Waals surface area contributed by atoms with Crippen LogP contribution in [0.15, 0.2) is 36.7 Å². The third-order valence-corrected chi connectivity index (χ3v) is 4.88. The molecule has 12 heteroatoms. The van der Waals surface area contributed by atoms with Crippen LogP contribution >= 0.6 is 0 Å². The first-order valence-electron chi connectivity index (χ1n) is 9.68. The normalized spacial score (nSPS) is 16.6. The number of rotatable bonds is 7. The fraction of sp³-hybridized carbons (Fsp3) is 0.421. The molecule has 9 nitrogen and oxygen atoms in total. The summed E-state index contributed by atoms with van der Waals surface area (Å²) in [6.07, 6.45) is 0.978. The van der Waals surface area contributed by atoms with Gasteiger partial charge in [0.2, 0.25) is 11.9 Å². The monoisotopic (exact) mass is 438 g/mol. The van der Waals surface area contributed by atoms with Crippen LogP contribution in [0, 0.1) is 10.1 Å². The Kier molecular flexibility index (Phi) is 6.88. The van der Waals surface area contributed by atoms with Crippen molar-refractivity contribution in [3.05, 3.63) is 52.3 Å². The smallest absolute Gasteiger partial charge is 0.378 e. The number of nitro benzene ring substituents is 1. The molecule has 1 amide bonds. The van der Waals surface area contributed by atoms with E-state index in [9.17, 15) is 28.1 Å². The summed E-state index contributed by atoms with van der Waals surface area (Å²) in [4.78, 5) is 33.1. The molecule has 1 atom stereocenters. The lowest BCUT2D eigenvalue weighted by Crippen LogP contribution is -2.51. The average molecular weight is 438 g/mol. The Balaban J connectivity index is 1.58. The average Bonchev–Trinajstić information content (AvgIpc) is 2.76. The number of carbonyl (C=O) groups is 1. The van der Waals surface area contributed by atoms with Gasteiger partial charge >= 0.3 is 6.18 Å². The fourth-order valence-corrected chi connectivity index (χ4v) is 3.39. The highest BCUT2D eigenvalue weighted by Crippen LogP contribution is 2.34. The van der Waals surface area contributed by atoms with Crippen molar-refractivity contribution >= 4 is 23.2 Å². The summed E-state index contributed by atoms with van der Waals surface area (Å²) in [6.45, 7) is 0.890. The minimum Gasteiger partial charge on any atom is -0.378 e. The Morgan fingerprint density at radius 1 is 1.23 bits per heavy atom. The Morgan fingerprint density at radius 2 is 1.97 bits per heavy atom. The molecule has 3 rings (SSSR count). The third-order valence-electron chi connectivity index (χ3n) is 4.88. The number of aromatic nitrogens is 2. The quantitative estimate of drug-likeness (QED) is 0.388. The van der Waals surface area contributed by atoms with E-state index in [0.717, 1.165) is 25.0 Å². The van der Waals surface area contributed by atoms with Crippen molar-refractivity contribution < 1.29 is 22.9 Å². The first-order chi connectivity index (χ1) is 14.8. The van der Waals surface area contributed by atoms with Gasteiger partial charge in [-0.15, -0.1) is 0 Å². The molecule has 0 spiro atoms. The molecular formula is C19H21F3N6O3. The molecule has 1 saturated heterocycles. The maximum atomic E-state index is 12.8. The first-order valence-corrected chi connectivity index (χ1v) is 9.68. The summed E-state index contributed by atoms with van der Waals surface area (Å²) >= 11 is 0. The molecule has 166 valence electrons. The number of benzene rings is 1. The SMILES string of the molecule is O=C(NCCNc1ccc(C(F)(F)F)cc1[N+](=O)[O-])[C@H]1CCCCN1c1ncccn1. The molecule has 31 heavy (non-hydrogen) atoms. The molecule has 1 aromatic carbocycles. The van der Waals surface area contributed by atoms with E-state index in [-0.39, 0.29) is 24.7 Å². The minimum absolute atomic E-state index is 0.0516. The molecule has 0 radical (unpaired) electrons. The van der Waals surface area contributed by atoms with E-state index in [0.29, 0.717) is 25.0 Å². The van der Waals surface area contributed by atoms with Crippen LogP contribution in [-0.2, 0) is 11.0 Å². The van der Waals surface area contributed by atoms with Gasteiger partial charge in [-0.2, -0.15) is 13.2 Å². The molecule has 1 aromatic heterocycles. The van der Waals surface area contributed by atoms with Crippen LogP contribution < -0.4 is 15.5 Å². The summed E-state index contributed by atoms with van der Waals surface area (Å²) in [5, 5.41) is 16.6. The number of anilines is 2. The van der Waals surface area contributed by atoms with E-state index < -0.39 is 28.4 Å². The number of nitrogens with zero attached hydrogens (tertiary/aromatic N) is 4. The van der Waals surface area contributed by atoms with E-state index in [1.807, 2.05) is 4.90 Å². The molecule has 1 aliphatic rings. The minimum atomic E-state index is -4.67. The highest BCUT2D eigenvalue weighted by Gasteiger charge is 2.33. The highest BCUT2D eigenvalue weighted by molar-refractivity contribution is 5.85. The van der Waals surface area contributed by atoms with Gasteiger partial charge in [-0.25, -0.2) is 9.97 Å². The summed E-state index contributed by atoms with van der Waals surface area (Å²) in [5.74, 6) is 0.247. The molecule has 2 aromatic rings. The van der Waals surface area contributed by atoms with E-state index in [2.05, 4.69) is 20.6 Å². The van der Waals surface area contributed by atoms with Gasteiger partial charge in [0.15, 0.2) is 0 Å². The van der Waals surface area contributed by atoms with Crippen molar-refractivity contribution in [2.75, 3.05) is 29.9 Å². The zero-order chi connectivity index (χ0) is 22.4. The van der Waals surface area contributed by atoms with Crippen molar-refractivity contribution in [1.82, 2.24) is 15.3 Å². The summed E-state index contributed by atoms with van der Waals surface area (Å²) in [5.41, 5.74) is -1.83. The lowest BCUT2D eigenvalue weighted by atomic mass is 10.0. The number of nitro groups is 1. The van der Waals surface area contributed by atoms with Crippen LogP contribution in [-0.4, -0.2) is 46.5 Å². The second-order valence-corrected chi connectivity index (χ2v) is 6.96. The number of hydrogen-bond acceptors (Lipinski definition) is 7. The van der Waals surface area contributed by atoms with Gasteiger partial charge in [0.05, 0.1) is 10.5 Å². The van der Waals surface area contributed by atoms with Gasteiger partial charge in [0.25, 0.3) is 5.69 Å². The second-order valence-electron chi connectivity index (χ2n) is 6.96. The number of piperidine rings is 1. The predicted molar refractivity (Wildman–Crippen MR) is 107 cm³/mol. The number of alkyl halides is 3. The summed E-state index contributed by atoms with van der Waals surface area (Å²) in [6, 6.07) is 3.53. The maximum absolute atomic E-state index is 12.8. The lowest BCUT2D eigenvalue weighted by Gasteiger charge is -2.34. The molecule has 0 unspecified atom stereocenters. The van der Waals surface area contributed by atoms with Crippen LogP contribution in [0.25, 0.3) is 0 Å². The lowest BCUT2D eigenvalue weighted by molar-refractivity contribution is -0.384. The zero-order valence-corrected chi connectivity index (χ0v) is 16.4. The van der Waals surface area contributed by atoms with Crippen molar-refractivity contribution in [1.29, 1.82) is 0 Å². The Morgan fingerprint density at radius 3 is 2.65 bits per heavy atom. The molecule has 0 aliphatic carbocycles. The molecule has 0 saturated carbocycles. The number of hydrogen-bond donors (Lipinski definition) is 2. The Hall–Kier alpha value is -3.44. The van der Waals surface area contributed by atoms with Gasteiger partial charge in [-0.1, -0.05) is 0 Å². The largest absolute Gasteiger partial charge is 0.416 e. The van der Waals surface area contributed by atoms with Crippen molar-refractivity contribution in [2.45, 2.75) is 31.5 Å². The zero-order valence-electron chi connectivity index (χ0n) is 16.4. The standard InChI is InChI=1S/C19H21F3N6O3/c20-19(21,22)13-5-6-14(16(12-13)28(30)31)23-9-10-24-17(29)15-4-1-2-11-27(15)18-25-7-3-8-26-18/h3,5-8,12,15,23H,1-2,4,9-11H2,(H,24,29)/t15-/m1/s1. The summed E-state index contributed by atoms with van der Waals surface area (Å²) in [7, 11) is 0. The third kappa shape index (κ3) is 5.58. The predicted octanol–water partition coefficient (Wildman–Crippen LogP) is 2.99. The van der Waals surface area contributed by atoms with Gasteiger partial charge < -0.3 is 15.5 Å².